The van der Waals surface area contributed by atoms with Crippen LogP contribution >= 0.6 is 11.3 Å². The van der Waals surface area contributed by atoms with Crippen LogP contribution in [0.5, 0.6) is 5.75 Å². The van der Waals surface area contributed by atoms with Crippen molar-refractivity contribution in [3.05, 3.63) is 51.2 Å². The lowest BCUT2D eigenvalue weighted by atomic mass is 9.90. The molecule has 0 saturated heterocycles. The molecule has 29 heavy (non-hydrogen) atoms. The Kier molecular flexibility index (Phi) is 8.25. The molecule has 0 spiro atoms. The molecule has 2 rings (SSSR count). The normalized spacial score (nSPS) is 13.9. The van der Waals surface area contributed by atoms with Crippen molar-refractivity contribution in [2.75, 3.05) is 6.61 Å². The summed E-state index contributed by atoms with van der Waals surface area (Å²) in [5.41, 5.74) is 7.80. The van der Waals surface area contributed by atoms with Gasteiger partial charge in [0.2, 0.25) is 0 Å². The van der Waals surface area contributed by atoms with Gasteiger partial charge in [-0.05, 0) is 54.4 Å². The Morgan fingerprint density at radius 1 is 1.24 bits per heavy atom. The van der Waals surface area contributed by atoms with E-state index in [1.165, 1.54) is 16.9 Å². The van der Waals surface area contributed by atoms with Gasteiger partial charge in [-0.3, -0.25) is 0 Å². The van der Waals surface area contributed by atoms with E-state index in [1.807, 2.05) is 39.0 Å². The minimum atomic E-state index is -0.865. The summed E-state index contributed by atoms with van der Waals surface area (Å²) in [7, 11) is 0. The number of hydrogen-bond donors (Lipinski definition) is 3. The topological polar surface area (TPSA) is 92.8 Å². The quantitative estimate of drug-likeness (QED) is 0.513. The number of nitrogens with two attached hydrogens (primary N) is 1. The van der Waals surface area contributed by atoms with Gasteiger partial charge in [0.05, 0.1) is 6.10 Å². The van der Waals surface area contributed by atoms with Crippen LogP contribution in [-0.4, -0.2) is 28.9 Å². The Balaban J connectivity index is 2.02. The number of aliphatic hydroxyl groups excluding tert-OH is 1. The van der Waals surface area contributed by atoms with Crippen LogP contribution < -0.4 is 10.5 Å². The van der Waals surface area contributed by atoms with Crippen molar-refractivity contribution < 1.29 is 19.7 Å². The maximum Gasteiger partial charge on any atom is 0.345 e. The van der Waals surface area contributed by atoms with Crippen LogP contribution in [0.25, 0.3) is 0 Å². The third-order valence-electron chi connectivity index (χ3n) is 5.26. The molecule has 0 fully saturated rings. The zero-order chi connectivity index (χ0) is 21.6. The number of benzene rings is 1. The molecule has 5 nitrogen and oxygen atoms in total. The SMILES string of the molecule is CCC(CCc1ccc(OCC(O)C(C)(C)C)c(CN)c1)c1ccc(C(=O)O)s1. The highest BCUT2D eigenvalue weighted by Gasteiger charge is 2.23. The predicted octanol–water partition coefficient (Wildman–Crippen LogP) is 4.82. The maximum atomic E-state index is 11.1. The molecule has 0 aliphatic heterocycles. The lowest BCUT2D eigenvalue weighted by molar-refractivity contribution is 0.0215. The molecule has 0 amide bonds. The smallest absolute Gasteiger partial charge is 0.345 e. The maximum absolute atomic E-state index is 11.1. The number of aryl methyl sites for hydroxylation is 1. The summed E-state index contributed by atoms with van der Waals surface area (Å²) in [6, 6.07) is 9.67. The zero-order valence-electron chi connectivity index (χ0n) is 17.8. The van der Waals surface area contributed by atoms with Gasteiger partial charge in [0, 0.05) is 17.0 Å². The highest BCUT2D eigenvalue weighted by atomic mass is 32.1. The molecule has 2 atom stereocenters. The molecule has 0 aliphatic rings. The molecule has 0 radical (unpaired) electrons. The van der Waals surface area contributed by atoms with Crippen molar-refractivity contribution >= 4 is 17.3 Å². The minimum Gasteiger partial charge on any atom is -0.491 e. The van der Waals surface area contributed by atoms with Crippen LogP contribution in [0, 0.1) is 5.41 Å². The van der Waals surface area contributed by atoms with Gasteiger partial charge < -0.3 is 20.7 Å². The Bertz CT molecular complexity index is 809. The van der Waals surface area contributed by atoms with E-state index in [0.29, 0.717) is 17.3 Å². The van der Waals surface area contributed by atoms with Crippen LogP contribution in [0.15, 0.2) is 30.3 Å². The van der Waals surface area contributed by atoms with Crippen LogP contribution in [0.4, 0.5) is 0 Å². The first kappa shape index (κ1) is 23.4. The molecular weight excluding hydrogens is 386 g/mol. The van der Waals surface area contributed by atoms with Gasteiger partial charge in [0.15, 0.2) is 0 Å². The van der Waals surface area contributed by atoms with Crippen molar-refractivity contribution in [1.82, 2.24) is 0 Å². The van der Waals surface area contributed by atoms with Crippen molar-refractivity contribution in [3.63, 3.8) is 0 Å². The van der Waals surface area contributed by atoms with Crippen molar-refractivity contribution in [2.24, 2.45) is 11.1 Å². The number of aliphatic hydroxyl groups is 1. The summed E-state index contributed by atoms with van der Waals surface area (Å²) < 4.78 is 5.83. The highest BCUT2D eigenvalue weighted by molar-refractivity contribution is 7.14. The molecule has 0 saturated carbocycles. The van der Waals surface area contributed by atoms with Crippen LogP contribution in [0.3, 0.4) is 0 Å². The number of aromatic carboxylic acids is 1. The van der Waals surface area contributed by atoms with Crippen LogP contribution in [-0.2, 0) is 13.0 Å². The molecule has 160 valence electrons. The number of hydrogen-bond acceptors (Lipinski definition) is 5. The fourth-order valence-corrected chi connectivity index (χ4v) is 4.15. The van der Waals surface area contributed by atoms with E-state index in [2.05, 4.69) is 13.0 Å². The molecule has 4 N–H and O–H groups in total. The van der Waals surface area contributed by atoms with Crippen LogP contribution in [0.2, 0.25) is 0 Å². The van der Waals surface area contributed by atoms with E-state index in [4.69, 9.17) is 15.6 Å². The molecule has 6 heteroatoms. The number of rotatable bonds is 10. The first-order valence-corrected chi connectivity index (χ1v) is 10.9. The second-order valence-corrected chi connectivity index (χ2v) is 9.61. The zero-order valence-corrected chi connectivity index (χ0v) is 18.6. The van der Waals surface area contributed by atoms with Gasteiger partial charge in [0.1, 0.15) is 17.2 Å². The second kappa shape index (κ2) is 10.2. The average Bonchev–Trinajstić information content (AvgIpc) is 3.16. The molecular formula is C23H33NO4S. The predicted molar refractivity (Wildman–Crippen MR) is 118 cm³/mol. The Hall–Kier alpha value is -1.89. The first-order chi connectivity index (χ1) is 13.7. The molecule has 0 aliphatic carbocycles. The fraction of sp³-hybridized carbons (Fsp3) is 0.522. The van der Waals surface area contributed by atoms with Gasteiger partial charge in [-0.2, -0.15) is 0 Å². The molecule has 2 aromatic rings. The fourth-order valence-electron chi connectivity index (χ4n) is 3.08. The van der Waals surface area contributed by atoms with E-state index < -0.39 is 12.1 Å². The van der Waals surface area contributed by atoms with E-state index in [1.54, 1.807) is 6.07 Å². The number of carboxylic acids is 1. The number of ether oxygens (including phenoxy) is 1. The van der Waals surface area contributed by atoms with Gasteiger partial charge in [0.25, 0.3) is 0 Å². The molecule has 1 aromatic carbocycles. The van der Waals surface area contributed by atoms with Gasteiger partial charge in [-0.1, -0.05) is 39.8 Å². The largest absolute Gasteiger partial charge is 0.491 e. The average molecular weight is 420 g/mol. The van der Waals surface area contributed by atoms with E-state index >= 15 is 0 Å². The number of carbonyl (C=O) groups is 1. The van der Waals surface area contributed by atoms with Gasteiger partial charge in [-0.15, -0.1) is 11.3 Å². The number of thiophene rings is 1. The summed E-state index contributed by atoms with van der Waals surface area (Å²) in [5, 5.41) is 19.3. The van der Waals surface area contributed by atoms with Crippen molar-refractivity contribution in [1.29, 1.82) is 0 Å². The molecule has 2 unspecified atom stereocenters. The minimum absolute atomic E-state index is 0.234. The highest BCUT2D eigenvalue weighted by Crippen LogP contribution is 2.32. The van der Waals surface area contributed by atoms with Crippen LogP contribution in [0.1, 0.15) is 72.1 Å². The molecule has 1 heterocycles. The Morgan fingerprint density at radius 2 is 1.97 bits per heavy atom. The monoisotopic (exact) mass is 419 g/mol. The summed E-state index contributed by atoms with van der Waals surface area (Å²) in [5.74, 6) is 0.194. The van der Waals surface area contributed by atoms with E-state index in [9.17, 15) is 9.90 Å². The van der Waals surface area contributed by atoms with E-state index in [0.717, 1.165) is 35.5 Å². The summed E-state index contributed by atoms with van der Waals surface area (Å²) >= 11 is 1.37. The lowest BCUT2D eigenvalue weighted by Gasteiger charge is -2.26. The van der Waals surface area contributed by atoms with Crippen molar-refractivity contribution in [2.45, 2.75) is 65.5 Å². The van der Waals surface area contributed by atoms with Gasteiger partial charge >= 0.3 is 5.97 Å². The van der Waals surface area contributed by atoms with Crippen molar-refractivity contribution in [3.8, 4) is 5.75 Å². The molecule has 0 bridgehead atoms. The summed E-state index contributed by atoms with van der Waals surface area (Å²) in [6.45, 7) is 8.67. The molecule has 1 aromatic heterocycles. The standard InChI is InChI=1S/C23H33NO4S/c1-5-16(19-10-11-20(29-19)22(26)27)8-6-15-7-9-18(17(12-15)13-24)28-14-21(25)23(2,3)4/h7,9-12,16,21,25H,5-6,8,13-14,24H2,1-4H3,(H,26,27). The second-order valence-electron chi connectivity index (χ2n) is 8.49. The Labute approximate surface area is 177 Å². The summed E-state index contributed by atoms with van der Waals surface area (Å²) in [6.07, 6.45) is 2.24. The summed E-state index contributed by atoms with van der Waals surface area (Å²) in [4.78, 5) is 12.6. The first-order valence-electron chi connectivity index (χ1n) is 10.1. The number of carboxylic acid groups (broad SMARTS) is 1. The third kappa shape index (κ3) is 6.56. The lowest BCUT2D eigenvalue weighted by Crippen LogP contribution is -2.32. The third-order valence-corrected chi connectivity index (χ3v) is 6.49. The van der Waals surface area contributed by atoms with E-state index in [-0.39, 0.29) is 12.0 Å². The van der Waals surface area contributed by atoms with Gasteiger partial charge in [-0.25, -0.2) is 4.79 Å². The Morgan fingerprint density at radius 3 is 2.52 bits per heavy atom.